The zero-order valence-electron chi connectivity index (χ0n) is 16.5. The molecule has 0 unspecified atom stereocenters. The second-order valence-electron chi connectivity index (χ2n) is 7.40. The molecule has 2 fully saturated rings. The first-order chi connectivity index (χ1) is 12.4. The molecular formula is C18H31IN4O2S2. The van der Waals surface area contributed by atoms with Gasteiger partial charge in [-0.15, -0.1) is 35.3 Å². The Morgan fingerprint density at radius 3 is 2.59 bits per heavy atom. The van der Waals surface area contributed by atoms with Gasteiger partial charge in [0.15, 0.2) is 15.8 Å². The molecule has 1 saturated heterocycles. The highest BCUT2D eigenvalue weighted by Gasteiger charge is 2.48. The van der Waals surface area contributed by atoms with E-state index in [4.69, 9.17) is 4.99 Å². The van der Waals surface area contributed by atoms with Crippen molar-refractivity contribution in [3.8, 4) is 0 Å². The molecule has 1 aromatic rings. The summed E-state index contributed by atoms with van der Waals surface area (Å²) in [6.45, 7) is 8.54. The lowest BCUT2D eigenvalue weighted by Crippen LogP contribution is -2.60. The second kappa shape index (κ2) is 9.39. The van der Waals surface area contributed by atoms with Crippen LogP contribution in [0, 0.1) is 13.8 Å². The normalized spacial score (nSPS) is 21.7. The lowest BCUT2D eigenvalue weighted by molar-refractivity contribution is 0.274. The van der Waals surface area contributed by atoms with Gasteiger partial charge in [0, 0.05) is 24.5 Å². The highest BCUT2D eigenvalue weighted by molar-refractivity contribution is 14.0. The quantitative estimate of drug-likeness (QED) is 0.372. The first kappa shape index (κ1) is 22.9. The average molecular weight is 527 g/mol. The maximum atomic E-state index is 12.8. The zero-order chi connectivity index (χ0) is 18.8. The Morgan fingerprint density at radius 2 is 2.00 bits per heavy atom. The molecule has 0 amide bonds. The summed E-state index contributed by atoms with van der Waals surface area (Å²) in [5.74, 6) is 1.05. The van der Waals surface area contributed by atoms with Crippen LogP contribution in [0.15, 0.2) is 4.99 Å². The maximum absolute atomic E-state index is 12.8. The van der Waals surface area contributed by atoms with Crippen LogP contribution in [0.5, 0.6) is 0 Å². The van der Waals surface area contributed by atoms with Gasteiger partial charge < -0.3 is 10.2 Å². The molecule has 9 heteroatoms. The molecule has 1 saturated carbocycles. The Morgan fingerprint density at radius 1 is 1.30 bits per heavy atom. The van der Waals surface area contributed by atoms with Crippen LogP contribution in [0.25, 0.3) is 0 Å². The first-order valence-corrected chi connectivity index (χ1v) is 12.0. The number of sulfone groups is 1. The fraction of sp³-hybridized carbons (Fsp3) is 0.778. The van der Waals surface area contributed by atoms with E-state index in [1.165, 1.54) is 4.88 Å². The first-order valence-electron chi connectivity index (χ1n) is 9.55. The topological polar surface area (TPSA) is 74.7 Å². The van der Waals surface area contributed by atoms with Crippen molar-refractivity contribution < 1.29 is 8.42 Å². The van der Waals surface area contributed by atoms with E-state index in [1.807, 2.05) is 13.8 Å². The summed E-state index contributed by atoms with van der Waals surface area (Å²) in [6, 6.07) is 0. The molecule has 154 valence electrons. The number of halogens is 1. The Hall–Kier alpha value is -0.420. The van der Waals surface area contributed by atoms with Gasteiger partial charge in [-0.3, -0.25) is 0 Å². The summed E-state index contributed by atoms with van der Waals surface area (Å²) in [6.07, 6.45) is 4.75. The minimum absolute atomic E-state index is 0. The molecule has 0 aromatic carbocycles. The number of nitrogens with one attached hydrogen (secondary N) is 1. The van der Waals surface area contributed by atoms with Crippen molar-refractivity contribution >= 4 is 51.1 Å². The summed E-state index contributed by atoms with van der Waals surface area (Å²) in [4.78, 5) is 12.7. The lowest BCUT2D eigenvalue weighted by Gasteiger charge is -2.45. The summed E-state index contributed by atoms with van der Waals surface area (Å²) < 4.78 is 25.0. The summed E-state index contributed by atoms with van der Waals surface area (Å²) >= 11 is 1.68. The van der Waals surface area contributed by atoms with Gasteiger partial charge in [0.1, 0.15) is 5.01 Å². The number of nitrogens with zero attached hydrogens (tertiary/aromatic N) is 3. The van der Waals surface area contributed by atoms with Crippen LogP contribution < -0.4 is 5.32 Å². The van der Waals surface area contributed by atoms with E-state index in [0.29, 0.717) is 19.6 Å². The van der Waals surface area contributed by atoms with E-state index >= 15 is 0 Å². The van der Waals surface area contributed by atoms with Gasteiger partial charge in [-0.05, 0) is 33.6 Å². The van der Waals surface area contributed by atoms with E-state index in [0.717, 1.165) is 55.3 Å². The van der Waals surface area contributed by atoms with Gasteiger partial charge in [-0.2, -0.15) is 0 Å². The Kier molecular flexibility index (Phi) is 7.95. The molecule has 6 nitrogen and oxygen atoms in total. The molecule has 0 radical (unpaired) electrons. The highest BCUT2D eigenvalue weighted by atomic mass is 127. The van der Waals surface area contributed by atoms with Crippen molar-refractivity contribution in [2.24, 2.45) is 4.99 Å². The SMILES string of the molecule is CCNC(=NCc1nc(C)c(C)s1)N1CCS(=O)(=O)C2(CCCCC2)C1.I. The van der Waals surface area contributed by atoms with Crippen LogP contribution in [0.3, 0.4) is 0 Å². The lowest BCUT2D eigenvalue weighted by atomic mass is 9.87. The molecule has 27 heavy (non-hydrogen) atoms. The number of aliphatic imine (C=N–C) groups is 1. The number of hydrogen-bond donors (Lipinski definition) is 1. The van der Waals surface area contributed by atoms with Crippen LogP contribution in [-0.4, -0.2) is 54.4 Å². The summed E-state index contributed by atoms with van der Waals surface area (Å²) in [5.41, 5.74) is 1.07. The molecule has 1 aliphatic carbocycles. The Bertz CT molecular complexity index is 751. The van der Waals surface area contributed by atoms with E-state index in [-0.39, 0.29) is 29.7 Å². The van der Waals surface area contributed by atoms with E-state index < -0.39 is 14.6 Å². The fourth-order valence-corrected chi connectivity index (χ4v) is 7.01. The van der Waals surface area contributed by atoms with Crippen molar-refractivity contribution in [3.05, 3.63) is 15.6 Å². The standard InChI is InChI=1S/C18H30N4O2S2.HI/c1-4-19-17(20-12-16-21-14(2)15(3)25-16)22-10-11-26(23,24)18(13-22)8-6-5-7-9-18;/h4-13H2,1-3H3,(H,19,20);1H. The fourth-order valence-electron chi connectivity index (χ4n) is 3.99. The predicted octanol–water partition coefficient (Wildman–Crippen LogP) is 3.28. The average Bonchev–Trinajstić information content (AvgIpc) is 2.93. The van der Waals surface area contributed by atoms with Crippen molar-refractivity contribution in [2.75, 3.05) is 25.4 Å². The van der Waals surface area contributed by atoms with Crippen molar-refractivity contribution in [2.45, 2.75) is 64.2 Å². The number of aryl methyl sites for hydroxylation is 2. The van der Waals surface area contributed by atoms with Crippen molar-refractivity contribution in [1.82, 2.24) is 15.2 Å². The molecule has 1 aliphatic heterocycles. The molecule has 1 aromatic heterocycles. The van der Waals surface area contributed by atoms with E-state index in [9.17, 15) is 8.42 Å². The molecule has 1 spiro atoms. The third-order valence-corrected chi connectivity index (χ3v) is 9.24. The second-order valence-corrected chi connectivity index (χ2v) is 11.2. The maximum Gasteiger partial charge on any atom is 0.194 e. The predicted molar refractivity (Wildman–Crippen MR) is 123 cm³/mol. The number of guanidine groups is 1. The van der Waals surface area contributed by atoms with Gasteiger partial charge in [-0.1, -0.05) is 19.3 Å². The van der Waals surface area contributed by atoms with Crippen LogP contribution in [-0.2, 0) is 16.4 Å². The number of hydrogen-bond acceptors (Lipinski definition) is 5. The Balaban J connectivity index is 0.00000261. The third kappa shape index (κ3) is 4.95. The molecule has 2 aliphatic rings. The van der Waals surface area contributed by atoms with Crippen molar-refractivity contribution in [3.63, 3.8) is 0 Å². The van der Waals surface area contributed by atoms with Crippen molar-refractivity contribution in [1.29, 1.82) is 0 Å². The van der Waals surface area contributed by atoms with Crippen LogP contribution in [0.1, 0.15) is 54.6 Å². The molecule has 2 heterocycles. The number of rotatable bonds is 3. The van der Waals surface area contributed by atoms with E-state index in [1.54, 1.807) is 11.3 Å². The van der Waals surface area contributed by atoms with Crippen LogP contribution in [0.4, 0.5) is 0 Å². The largest absolute Gasteiger partial charge is 0.357 e. The molecule has 1 N–H and O–H groups in total. The zero-order valence-corrected chi connectivity index (χ0v) is 20.4. The van der Waals surface area contributed by atoms with E-state index in [2.05, 4.69) is 22.1 Å². The third-order valence-electron chi connectivity index (χ3n) is 5.60. The van der Waals surface area contributed by atoms with Gasteiger partial charge in [0.05, 0.1) is 22.7 Å². The van der Waals surface area contributed by atoms with Crippen LogP contribution in [0.2, 0.25) is 0 Å². The van der Waals surface area contributed by atoms with Gasteiger partial charge in [-0.25, -0.2) is 18.4 Å². The Labute approximate surface area is 184 Å². The molecule has 3 rings (SSSR count). The minimum atomic E-state index is -3.03. The van der Waals surface area contributed by atoms with Gasteiger partial charge >= 0.3 is 0 Å². The van der Waals surface area contributed by atoms with Gasteiger partial charge in [0.2, 0.25) is 0 Å². The number of thiazole rings is 1. The van der Waals surface area contributed by atoms with Crippen LogP contribution >= 0.6 is 35.3 Å². The minimum Gasteiger partial charge on any atom is -0.357 e. The molecular weight excluding hydrogens is 495 g/mol. The number of aromatic nitrogens is 1. The van der Waals surface area contributed by atoms with Gasteiger partial charge in [0.25, 0.3) is 0 Å². The molecule has 0 bridgehead atoms. The highest BCUT2D eigenvalue weighted by Crippen LogP contribution is 2.38. The molecule has 0 atom stereocenters. The smallest absolute Gasteiger partial charge is 0.194 e. The summed E-state index contributed by atoms with van der Waals surface area (Å²) in [5, 5.41) is 4.36. The monoisotopic (exact) mass is 526 g/mol. The summed E-state index contributed by atoms with van der Waals surface area (Å²) in [7, 11) is -3.03.